The second-order valence-corrected chi connectivity index (χ2v) is 4.32. The smallest absolute Gasteiger partial charge is 0.273 e. The van der Waals surface area contributed by atoms with Gasteiger partial charge in [0, 0.05) is 6.07 Å². The fourth-order valence-electron chi connectivity index (χ4n) is 1.88. The third-order valence-corrected chi connectivity index (χ3v) is 3.05. The molecule has 0 radical (unpaired) electrons. The van der Waals surface area contributed by atoms with Crippen LogP contribution in [0.3, 0.4) is 0 Å². The number of para-hydroxylation sites is 1. The van der Waals surface area contributed by atoms with Crippen molar-refractivity contribution in [2.24, 2.45) is 0 Å². The quantitative estimate of drug-likeness (QED) is 0.783. The van der Waals surface area contributed by atoms with Crippen LogP contribution in [0.25, 0.3) is 16.7 Å². The summed E-state index contributed by atoms with van der Waals surface area (Å²) < 4.78 is 20.0. The van der Waals surface area contributed by atoms with E-state index < -0.39 is 11.4 Å². The van der Waals surface area contributed by atoms with Crippen LogP contribution < -0.4 is 10.3 Å². The third kappa shape index (κ3) is 1.83. The van der Waals surface area contributed by atoms with Crippen LogP contribution in [0, 0.1) is 5.82 Å². The van der Waals surface area contributed by atoms with Gasteiger partial charge in [-0.3, -0.25) is 9.89 Å². The van der Waals surface area contributed by atoms with Gasteiger partial charge in [-0.15, -0.1) is 0 Å². The Bertz CT molecular complexity index is 858. The minimum atomic E-state index is -0.627. The van der Waals surface area contributed by atoms with Gasteiger partial charge in [0.25, 0.3) is 5.56 Å². The van der Waals surface area contributed by atoms with Gasteiger partial charge in [0.1, 0.15) is 17.0 Å². The molecule has 0 saturated carbocycles. The van der Waals surface area contributed by atoms with Crippen molar-refractivity contribution < 1.29 is 9.13 Å². The van der Waals surface area contributed by atoms with E-state index in [0.717, 1.165) is 4.68 Å². The highest BCUT2D eigenvalue weighted by molar-refractivity contribution is 6.33. The number of halogens is 2. The molecular weight excluding hydrogens is 287 g/mol. The van der Waals surface area contributed by atoms with E-state index in [1.165, 1.54) is 31.4 Å². The number of nitrogens with one attached hydrogen (secondary N) is 1. The van der Waals surface area contributed by atoms with E-state index in [1.807, 2.05) is 0 Å². The van der Waals surface area contributed by atoms with E-state index in [0.29, 0.717) is 5.52 Å². The molecule has 3 rings (SSSR count). The Morgan fingerprint density at radius 1 is 1.45 bits per heavy atom. The maximum absolute atomic E-state index is 14.0. The van der Waals surface area contributed by atoms with Gasteiger partial charge in [0.15, 0.2) is 11.0 Å². The molecule has 6 nitrogen and oxygen atoms in total. The second-order valence-electron chi connectivity index (χ2n) is 3.96. The lowest BCUT2D eigenvalue weighted by Crippen LogP contribution is -2.21. The summed E-state index contributed by atoms with van der Waals surface area (Å²) in [7, 11) is 1.38. The molecule has 0 fully saturated rings. The molecule has 1 N–H and O–H groups in total. The van der Waals surface area contributed by atoms with Gasteiger partial charge in [-0.05, 0) is 12.1 Å². The van der Waals surface area contributed by atoms with E-state index >= 15 is 0 Å². The number of ether oxygens (including phenoxy) is 1. The van der Waals surface area contributed by atoms with Crippen LogP contribution in [-0.4, -0.2) is 27.1 Å². The normalized spacial score (nSPS) is 10.9. The molecule has 2 heterocycles. The molecule has 0 atom stereocenters. The number of H-pyrrole nitrogens is 1. The van der Waals surface area contributed by atoms with Crippen LogP contribution >= 0.6 is 11.6 Å². The summed E-state index contributed by atoms with van der Waals surface area (Å²) in [5.74, 6) is -0.434. The zero-order valence-electron chi connectivity index (χ0n) is 10.2. The van der Waals surface area contributed by atoms with Crippen molar-refractivity contribution in [3.8, 4) is 11.4 Å². The Morgan fingerprint density at radius 3 is 3.00 bits per heavy atom. The first kappa shape index (κ1) is 12.6. The maximum atomic E-state index is 14.0. The molecule has 0 aliphatic heterocycles. The van der Waals surface area contributed by atoms with E-state index in [1.54, 1.807) is 0 Å². The molecule has 0 spiro atoms. The predicted molar refractivity (Wildman–Crippen MR) is 71.0 cm³/mol. The minimum absolute atomic E-state index is 0.0702. The summed E-state index contributed by atoms with van der Waals surface area (Å²) in [6.07, 6.45) is 0. The lowest BCUT2D eigenvalue weighted by Gasteiger charge is -2.10. The second kappa shape index (κ2) is 4.61. The van der Waals surface area contributed by atoms with Crippen molar-refractivity contribution in [1.29, 1.82) is 0 Å². The summed E-state index contributed by atoms with van der Waals surface area (Å²) in [5, 5.41) is 10.4. The number of aromatic amines is 1. The number of hydrogen-bond donors (Lipinski definition) is 1. The third-order valence-electron chi connectivity index (χ3n) is 2.78. The zero-order chi connectivity index (χ0) is 14.3. The van der Waals surface area contributed by atoms with Gasteiger partial charge >= 0.3 is 0 Å². The van der Waals surface area contributed by atoms with Crippen molar-refractivity contribution in [1.82, 2.24) is 20.0 Å². The molecule has 8 heteroatoms. The Balaban J connectivity index is 2.37. The number of nitrogens with zero attached hydrogens (tertiary/aromatic N) is 3. The van der Waals surface area contributed by atoms with Gasteiger partial charge in [-0.2, -0.15) is 14.9 Å². The van der Waals surface area contributed by atoms with Crippen LogP contribution in [0.5, 0.6) is 5.75 Å². The highest BCUT2D eigenvalue weighted by atomic mass is 35.5. The van der Waals surface area contributed by atoms with E-state index in [2.05, 4.69) is 15.3 Å². The van der Waals surface area contributed by atoms with E-state index in [-0.39, 0.29) is 22.1 Å². The summed E-state index contributed by atoms with van der Waals surface area (Å²) in [6.45, 7) is 0. The van der Waals surface area contributed by atoms with Crippen LogP contribution in [0.2, 0.25) is 5.15 Å². The number of benzene rings is 1. The van der Waals surface area contributed by atoms with Crippen LogP contribution in [-0.2, 0) is 0 Å². The SMILES string of the molecule is COc1cccc(F)c1-n1nc2c(Cl)n[nH]c2cc1=O. The zero-order valence-corrected chi connectivity index (χ0v) is 11.0. The van der Waals surface area contributed by atoms with Crippen molar-refractivity contribution in [3.05, 3.63) is 45.6 Å². The highest BCUT2D eigenvalue weighted by Crippen LogP contribution is 2.25. The van der Waals surface area contributed by atoms with Gasteiger partial charge < -0.3 is 4.74 Å². The number of rotatable bonds is 2. The highest BCUT2D eigenvalue weighted by Gasteiger charge is 2.16. The van der Waals surface area contributed by atoms with Gasteiger partial charge in [-0.25, -0.2) is 4.39 Å². The lowest BCUT2D eigenvalue weighted by atomic mass is 10.2. The molecule has 0 bridgehead atoms. The average Bonchev–Trinajstić information content (AvgIpc) is 2.79. The Labute approximate surface area is 116 Å². The van der Waals surface area contributed by atoms with Gasteiger partial charge in [-0.1, -0.05) is 17.7 Å². The topological polar surface area (TPSA) is 72.8 Å². The maximum Gasteiger partial charge on any atom is 0.273 e. The molecular formula is C12H8ClFN4O2. The fraction of sp³-hybridized carbons (Fsp3) is 0.0833. The van der Waals surface area contributed by atoms with Crippen LogP contribution in [0.15, 0.2) is 29.1 Å². The monoisotopic (exact) mass is 294 g/mol. The van der Waals surface area contributed by atoms with Crippen molar-refractivity contribution >= 4 is 22.6 Å². The summed E-state index contributed by atoms with van der Waals surface area (Å²) >= 11 is 5.85. The van der Waals surface area contributed by atoms with Crippen molar-refractivity contribution in [3.63, 3.8) is 0 Å². The first-order valence-electron chi connectivity index (χ1n) is 5.58. The standard InChI is InChI=1S/C12H8ClFN4O2/c1-20-8-4-2-3-6(14)11(8)18-9(19)5-7-10(17-18)12(13)16-15-7/h2-5,15H,1H3. The van der Waals surface area contributed by atoms with Crippen molar-refractivity contribution in [2.45, 2.75) is 0 Å². The molecule has 2 aromatic heterocycles. The molecule has 1 aromatic carbocycles. The summed E-state index contributed by atoms with van der Waals surface area (Å²) in [4.78, 5) is 12.1. The van der Waals surface area contributed by atoms with Crippen molar-refractivity contribution in [2.75, 3.05) is 7.11 Å². The predicted octanol–water partition coefficient (Wildman–Crippen LogP) is 1.91. The molecule has 20 heavy (non-hydrogen) atoms. The van der Waals surface area contributed by atoms with Gasteiger partial charge in [0.05, 0.1) is 12.6 Å². The Morgan fingerprint density at radius 2 is 2.25 bits per heavy atom. The Kier molecular flexibility index (Phi) is 2.90. The van der Waals surface area contributed by atoms with Gasteiger partial charge in [0.2, 0.25) is 0 Å². The number of aromatic nitrogens is 4. The average molecular weight is 295 g/mol. The molecule has 0 amide bonds. The molecule has 0 saturated heterocycles. The van der Waals surface area contributed by atoms with E-state index in [4.69, 9.17) is 16.3 Å². The first-order valence-corrected chi connectivity index (χ1v) is 5.96. The minimum Gasteiger partial charge on any atom is -0.494 e. The molecule has 3 aromatic rings. The molecule has 0 unspecified atom stereocenters. The largest absolute Gasteiger partial charge is 0.494 e. The number of fused-ring (bicyclic) bond motifs is 1. The Hall–Kier alpha value is -2.41. The number of hydrogen-bond acceptors (Lipinski definition) is 4. The fourth-order valence-corrected chi connectivity index (χ4v) is 2.06. The first-order chi connectivity index (χ1) is 9.61. The lowest BCUT2D eigenvalue weighted by molar-refractivity contribution is 0.406. The molecule has 102 valence electrons. The number of methoxy groups -OCH3 is 1. The summed E-state index contributed by atoms with van der Waals surface area (Å²) in [5.41, 5.74) is 0.0588. The van der Waals surface area contributed by atoms with Crippen LogP contribution in [0.4, 0.5) is 4.39 Å². The molecule has 0 aliphatic rings. The van der Waals surface area contributed by atoms with Crippen LogP contribution in [0.1, 0.15) is 0 Å². The van der Waals surface area contributed by atoms with E-state index in [9.17, 15) is 9.18 Å². The molecule has 0 aliphatic carbocycles. The summed E-state index contributed by atoms with van der Waals surface area (Å²) in [6, 6.07) is 5.47.